The lowest BCUT2D eigenvalue weighted by Crippen LogP contribution is -2.54. The number of nitrogens with zero attached hydrogens (tertiary/aromatic N) is 2. The molecule has 0 bridgehead atoms. The highest BCUT2D eigenvalue weighted by molar-refractivity contribution is 5.96. The van der Waals surface area contributed by atoms with Crippen LogP contribution in [0.1, 0.15) is 12.0 Å². The number of nitrogens with one attached hydrogen (secondary N) is 1. The van der Waals surface area contributed by atoms with E-state index in [2.05, 4.69) is 10.3 Å². The maximum atomic E-state index is 11.5. The molecule has 0 radical (unpaired) electrons. The molecule has 1 aromatic rings. The predicted molar refractivity (Wildman–Crippen MR) is 53.9 cm³/mol. The Morgan fingerprint density at radius 3 is 2.75 bits per heavy atom. The first-order valence-corrected chi connectivity index (χ1v) is 4.84. The van der Waals surface area contributed by atoms with Crippen molar-refractivity contribution in [1.82, 2.24) is 15.2 Å². The third-order valence-electron chi connectivity index (χ3n) is 2.29. The van der Waals surface area contributed by atoms with Crippen LogP contribution in [0.4, 0.5) is 4.79 Å². The average molecular weight is 221 g/mol. The predicted octanol–water partition coefficient (Wildman–Crippen LogP) is -0.158. The second kappa shape index (κ2) is 4.28. The van der Waals surface area contributed by atoms with Crippen molar-refractivity contribution in [2.24, 2.45) is 0 Å². The summed E-state index contributed by atoms with van der Waals surface area (Å²) < 4.78 is 0. The van der Waals surface area contributed by atoms with Crippen molar-refractivity contribution in [2.45, 2.75) is 19.2 Å². The zero-order chi connectivity index (χ0) is 11.5. The number of hydrogen-bond acceptors (Lipinski definition) is 4. The van der Waals surface area contributed by atoms with Crippen molar-refractivity contribution in [2.75, 3.05) is 0 Å². The molecular formula is C10H11N3O3. The number of hydrogen-bond donors (Lipinski definition) is 2. The summed E-state index contributed by atoms with van der Waals surface area (Å²) in [4.78, 5) is 27.9. The third-order valence-corrected chi connectivity index (χ3v) is 2.29. The quantitative estimate of drug-likeness (QED) is 0.727. The van der Waals surface area contributed by atoms with Crippen molar-refractivity contribution in [3.63, 3.8) is 0 Å². The topological polar surface area (TPSA) is 82.5 Å². The standard InChI is InChI=1S/C10H11N3O3/c14-8-5-9(15)13(10(16)12-8)6-7-1-3-11-4-2-7/h1-4,8,14H,5-6H2,(H,12,16). The van der Waals surface area contributed by atoms with Crippen LogP contribution in [0.15, 0.2) is 24.5 Å². The Kier molecular flexibility index (Phi) is 2.82. The summed E-state index contributed by atoms with van der Waals surface area (Å²) in [6.07, 6.45) is 2.03. The molecule has 6 nitrogen and oxygen atoms in total. The van der Waals surface area contributed by atoms with Crippen LogP contribution < -0.4 is 5.32 Å². The molecule has 0 saturated carbocycles. The average Bonchev–Trinajstić information content (AvgIpc) is 2.25. The molecule has 84 valence electrons. The number of carbonyl (C=O) groups excluding carboxylic acids is 2. The first kappa shape index (κ1) is 10.6. The van der Waals surface area contributed by atoms with Crippen LogP contribution >= 0.6 is 0 Å². The molecule has 16 heavy (non-hydrogen) atoms. The van der Waals surface area contributed by atoms with Crippen LogP contribution in [0, 0.1) is 0 Å². The van der Waals surface area contributed by atoms with E-state index in [1.807, 2.05) is 0 Å². The number of aromatic nitrogens is 1. The Labute approximate surface area is 91.9 Å². The van der Waals surface area contributed by atoms with E-state index < -0.39 is 12.3 Å². The Morgan fingerprint density at radius 2 is 2.12 bits per heavy atom. The molecule has 2 heterocycles. The monoisotopic (exact) mass is 221 g/mol. The van der Waals surface area contributed by atoms with Gasteiger partial charge in [0.25, 0.3) is 0 Å². The minimum Gasteiger partial charge on any atom is -0.373 e. The fraction of sp³-hybridized carbons (Fsp3) is 0.300. The molecule has 0 aliphatic carbocycles. The van der Waals surface area contributed by atoms with Gasteiger partial charge < -0.3 is 10.4 Å². The van der Waals surface area contributed by atoms with E-state index in [0.29, 0.717) is 0 Å². The molecule has 2 N–H and O–H groups in total. The van der Waals surface area contributed by atoms with Gasteiger partial charge in [0, 0.05) is 12.4 Å². The Hall–Kier alpha value is -1.95. The summed E-state index contributed by atoms with van der Waals surface area (Å²) in [5, 5.41) is 11.4. The van der Waals surface area contributed by atoms with Gasteiger partial charge in [-0.2, -0.15) is 0 Å². The van der Waals surface area contributed by atoms with Crippen molar-refractivity contribution in [3.05, 3.63) is 30.1 Å². The number of aliphatic hydroxyl groups excluding tert-OH is 1. The van der Waals surface area contributed by atoms with Gasteiger partial charge in [0.2, 0.25) is 5.91 Å². The van der Waals surface area contributed by atoms with Crippen LogP contribution in [0.25, 0.3) is 0 Å². The molecule has 2 rings (SSSR count). The number of rotatable bonds is 2. The molecule has 1 aliphatic heterocycles. The minimum absolute atomic E-state index is 0.0865. The summed E-state index contributed by atoms with van der Waals surface area (Å²) in [6.45, 7) is 0.194. The molecular weight excluding hydrogens is 210 g/mol. The van der Waals surface area contributed by atoms with E-state index in [1.54, 1.807) is 24.5 Å². The summed E-state index contributed by atoms with van der Waals surface area (Å²) in [6, 6.07) is 2.89. The van der Waals surface area contributed by atoms with Crippen molar-refractivity contribution in [1.29, 1.82) is 0 Å². The van der Waals surface area contributed by atoms with Gasteiger partial charge in [-0.3, -0.25) is 14.7 Å². The molecule has 1 atom stereocenters. The van der Waals surface area contributed by atoms with Crippen molar-refractivity contribution < 1.29 is 14.7 Å². The fourth-order valence-electron chi connectivity index (χ4n) is 1.49. The summed E-state index contributed by atoms with van der Waals surface area (Å²) >= 11 is 0. The highest BCUT2D eigenvalue weighted by Crippen LogP contribution is 2.10. The van der Waals surface area contributed by atoms with Gasteiger partial charge in [-0.15, -0.1) is 0 Å². The molecule has 1 aromatic heterocycles. The fourth-order valence-corrected chi connectivity index (χ4v) is 1.49. The van der Waals surface area contributed by atoms with E-state index in [1.165, 1.54) is 0 Å². The SMILES string of the molecule is O=C1CC(O)NC(=O)N1Cc1ccncc1. The first-order chi connectivity index (χ1) is 7.66. The van der Waals surface area contributed by atoms with E-state index in [0.717, 1.165) is 10.5 Å². The molecule has 0 aromatic carbocycles. The molecule has 1 aliphatic rings. The van der Waals surface area contributed by atoms with E-state index in [4.69, 9.17) is 5.11 Å². The van der Waals surface area contributed by atoms with Crippen LogP contribution in [0.3, 0.4) is 0 Å². The van der Waals surface area contributed by atoms with Crippen LogP contribution in [0.2, 0.25) is 0 Å². The number of imide groups is 1. The Balaban J connectivity index is 2.10. The van der Waals surface area contributed by atoms with Gasteiger partial charge in [-0.05, 0) is 17.7 Å². The van der Waals surface area contributed by atoms with Crippen molar-refractivity contribution in [3.8, 4) is 0 Å². The Bertz CT molecular complexity index is 389. The molecule has 3 amide bonds. The largest absolute Gasteiger partial charge is 0.373 e. The lowest BCUT2D eigenvalue weighted by molar-refractivity contribution is -0.133. The molecule has 1 fully saturated rings. The lowest BCUT2D eigenvalue weighted by Gasteiger charge is -2.28. The maximum Gasteiger partial charge on any atom is 0.326 e. The smallest absolute Gasteiger partial charge is 0.326 e. The third kappa shape index (κ3) is 2.17. The molecule has 6 heteroatoms. The number of pyridine rings is 1. The highest BCUT2D eigenvalue weighted by atomic mass is 16.3. The number of carbonyl (C=O) groups is 2. The maximum absolute atomic E-state index is 11.5. The van der Waals surface area contributed by atoms with Crippen LogP contribution in [-0.2, 0) is 11.3 Å². The zero-order valence-corrected chi connectivity index (χ0v) is 8.46. The number of aliphatic hydroxyl groups is 1. The zero-order valence-electron chi connectivity index (χ0n) is 8.46. The number of urea groups is 1. The van der Waals surface area contributed by atoms with Gasteiger partial charge in [-0.25, -0.2) is 4.79 Å². The normalized spacial score (nSPS) is 20.8. The minimum atomic E-state index is -1.08. The molecule has 1 unspecified atom stereocenters. The van der Waals surface area contributed by atoms with Gasteiger partial charge in [0.15, 0.2) is 0 Å². The Morgan fingerprint density at radius 1 is 1.44 bits per heavy atom. The lowest BCUT2D eigenvalue weighted by atomic mass is 10.2. The second-order valence-electron chi connectivity index (χ2n) is 3.50. The van der Waals surface area contributed by atoms with Gasteiger partial charge in [-0.1, -0.05) is 0 Å². The van der Waals surface area contributed by atoms with E-state index in [9.17, 15) is 9.59 Å². The molecule has 0 spiro atoms. The molecule has 1 saturated heterocycles. The van der Waals surface area contributed by atoms with Crippen molar-refractivity contribution >= 4 is 11.9 Å². The van der Waals surface area contributed by atoms with Gasteiger partial charge in [0.1, 0.15) is 6.23 Å². The van der Waals surface area contributed by atoms with E-state index in [-0.39, 0.29) is 18.9 Å². The summed E-state index contributed by atoms with van der Waals surface area (Å²) in [5.74, 6) is -0.381. The summed E-state index contributed by atoms with van der Waals surface area (Å²) in [7, 11) is 0. The van der Waals surface area contributed by atoms with Gasteiger partial charge >= 0.3 is 6.03 Å². The second-order valence-corrected chi connectivity index (χ2v) is 3.50. The summed E-state index contributed by atoms with van der Waals surface area (Å²) in [5.41, 5.74) is 0.815. The highest BCUT2D eigenvalue weighted by Gasteiger charge is 2.30. The van der Waals surface area contributed by atoms with Crippen LogP contribution in [-0.4, -0.2) is 33.2 Å². The van der Waals surface area contributed by atoms with Crippen LogP contribution in [0.5, 0.6) is 0 Å². The van der Waals surface area contributed by atoms with E-state index >= 15 is 0 Å². The first-order valence-electron chi connectivity index (χ1n) is 4.84. The van der Waals surface area contributed by atoms with Gasteiger partial charge in [0.05, 0.1) is 13.0 Å². The number of amides is 3.